The van der Waals surface area contributed by atoms with Gasteiger partial charge in [0.15, 0.2) is 0 Å². The largest absolute Gasteiger partial charge is 0.378 e. The van der Waals surface area contributed by atoms with E-state index in [1.165, 1.54) is 0 Å². The fourth-order valence-corrected chi connectivity index (χ4v) is 3.27. The van der Waals surface area contributed by atoms with E-state index >= 15 is 0 Å². The lowest BCUT2D eigenvalue weighted by molar-refractivity contribution is 0.0606. The van der Waals surface area contributed by atoms with Gasteiger partial charge in [0.25, 0.3) is 5.91 Å². The fraction of sp³-hybridized carbons (Fsp3) is 0.333. The van der Waals surface area contributed by atoms with Crippen molar-refractivity contribution in [2.75, 3.05) is 45.2 Å². The van der Waals surface area contributed by atoms with Crippen LogP contribution >= 0.6 is 0 Å². The highest BCUT2D eigenvalue weighted by Crippen LogP contribution is 2.22. The topological polar surface area (TPSA) is 50.6 Å². The summed E-state index contributed by atoms with van der Waals surface area (Å²) in [4.78, 5) is 18.8. The maximum atomic E-state index is 12.7. The van der Waals surface area contributed by atoms with Crippen molar-refractivity contribution >= 4 is 11.6 Å². The minimum Gasteiger partial charge on any atom is -0.378 e. The molecule has 0 spiro atoms. The Balaban J connectivity index is 1.62. The van der Waals surface area contributed by atoms with Gasteiger partial charge in [0, 0.05) is 51.5 Å². The molecule has 2 aromatic rings. The van der Waals surface area contributed by atoms with Crippen LogP contribution in [0.3, 0.4) is 0 Å². The van der Waals surface area contributed by atoms with Gasteiger partial charge in [-0.15, -0.1) is 0 Å². The summed E-state index contributed by atoms with van der Waals surface area (Å²) in [5.74, 6) is 0.0585. The summed E-state index contributed by atoms with van der Waals surface area (Å²) in [6.45, 7) is 2.68. The van der Waals surface area contributed by atoms with Crippen LogP contribution in [0.4, 0.5) is 5.69 Å². The summed E-state index contributed by atoms with van der Waals surface area (Å²) < 4.78 is 0. The van der Waals surface area contributed by atoms with Gasteiger partial charge in [-0.2, -0.15) is 5.26 Å². The third-order valence-electron chi connectivity index (χ3n) is 4.83. The highest BCUT2D eigenvalue weighted by atomic mass is 16.2. The van der Waals surface area contributed by atoms with Gasteiger partial charge in [0.2, 0.25) is 0 Å². The van der Waals surface area contributed by atoms with Crippen molar-refractivity contribution in [3.05, 3.63) is 65.7 Å². The molecule has 1 saturated heterocycles. The molecule has 26 heavy (non-hydrogen) atoms. The number of anilines is 1. The van der Waals surface area contributed by atoms with Crippen LogP contribution in [-0.2, 0) is 0 Å². The number of rotatable bonds is 4. The maximum Gasteiger partial charge on any atom is 0.253 e. The normalized spacial score (nSPS) is 16.0. The quantitative estimate of drug-likeness (QED) is 0.852. The summed E-state index contributed by atoms with van der Waals surface area (Å²) in [6, 6.07) is 19.7. The first kappa shape index (κ1) is 18.0. The van der Waals surface area contributed by atoms with Crippen molar-refractivity contribution in [3.63, 3.8) is 0 Å². The average molecular weight is 348 g/mol. The Morgan fingerprint density at radius 2 is 1.62 bits per heavy atom. The van der Waals surface area contributed by atoms with E-state index < -0.39 is 0 Å². The van der Waals surface area contributed by atoms with Crippen LogP contribution in [0.5, 0.6) is 0 Å². The molecule has 0 aromatic heterocycles. The Morgan fingerprint density at radius 1 is 1.00 bits per heavy atom. The molecule has 0 N–H and O–H groups in total. The van der Waals surface area contributed by atoms with Gasteiger partial charge in [0.1, 0.15) is 6.04 Å². The molecule has 2 aromatic carbocycles. The van der Waals surface area contributed by atoms with Crippen molar-refractivity contribution in [3.8, 4) is 6.07 Å². The van der Waals surface area contributed by atoms with E-state index in [2.05, 4.69) is 11.0 Å². The number of hydrogen-bond donors (Lipinski definition) is 0. The number of amides is 1. The summed E-state index contributed by atoms with van der Waals surface area (Å²) in [5, 5.41) is 9.58. The van der Waals surface area contributed by atoms with Crippen molar-refractivity contribution in [2.24, 2.45) is 0 Å². The molecule has 1 atom stereocenters. The predicted octanol–water partition coefficient (Wildman–Crippen LogP) is 2.78. The second-order valence-electron chi connectivity index (χ2n) is 6.71. The van der Waals surface area contributed by atoms with Gasteiger partial charge in [-0.05, 0) is 29.8 Å². The fourth-order valence-electron chi connectivity index (χ4n) is 3.27. The number of hydrogen-bond acceptors (Lipinski definition) is 4. The van der Waals surface area contributed by atoms with Crippen LogP contribution in [0.1, 0.15) is 22.0 Å². The summed E-state index contributed by atoms with van der Waals surface area (Å²) in [5.41, 5.74) is 2.80. The Labute approximate surface area is 155 Å². The van der Waals surface area contributed by atoms with E-state index in [1.807, 2.05) is 78.5 Å². The highest BCUT2D eigenvalue weighted by Gasteiger charge is 2.27. The average Bonchev–Trinajstić information content (AvgIpc) is 2.69. The molecule has 1 amide bonds. The number of nitriles is 1. The molecule has 1 aliphatic heterocycles. The lowest BCUT2D eigenvalue weighted by Crippen LogP contribution is -2.49. The molecule has 0 radical (unpaired) electrons. The standard InChI is InChI=1S/C21H24N4O/c1-23(2)19-10-8-18(9-11-19)21(26)25-14-12-24(13-15-25)20(16-22)17-6-4-3-5-7-17/h3-11,20H,12-15H2,1-2H3/t20-/m0/s1. The minimum atomic E-state index is -0.257. The van der Waals surface area contributed by atoms with Crippen molar-refractivity contribution in [2.45, 2.75) is 6.04 Å². The van der Waals surface area contributed by atoms with Crippen LogP contribution in [0, 0.1) is 11.3 Å². The molecule has 1 fully saturated rings. The molecular formula is C21H24N4O. The van der Waals surface area contributed by atoms with Gasteiger partial charge < -0.3 is 9.80 Å². The first-order valence-corrected chi connectivity index (χ1v) is 8.85. The summed E-state index contributed by atoms with van der Waals surface area (Å²) >= 11 is 0. The van der Waals surface area contributed by atoms with E-state index in [0.29, 0.717) is 31.7 Å². The molecule has 0 saturated carbocycles. The van der Waals surface area contributed by atoms with E-state index in [4.69, 9.17) is 0 Å². The predicted molar refractivity (Wildman–Crippen MR) is 103 cm³/mol. The Hall–Kier alpha value is -2.84. The lowest BCUT2D eigenvalue weighted by atomic mass is 10.1. The number of nitrogens with zero attached hydrogens (tertiary/aromatic N) is 4. The zero-order valence-electron chi connectivity index (χ0n) is 15.3. The number of carbonyl (C=O) groups is 1. The van der Waals surface area contributed by atoms with Crippen LogP contribution in [0.15, 0.2) is 54.6 Å². The zero-order valence-corrected chi connectivity index (χ0v) is 15.3. The Kier molecular flexibility index (Phi) is 5.55. The molecule has 0 bridgehead atoms. The van der Waals surface area contributed by atoms with E-state index in [9.17, 15) is 10.1 Å². The Morgan fingerprint density at radius 3 is 2.15 bits per heavy atom. The molecule has 134 valence electrons. The van der Waals surface area contributed by atoms with Crippen LogP contribution in [0.25, 0.3) is 0 Å². The second-order valence-corrected chi connectivity index (χ2v) is 6.71. The SMILES string of the molecule is CN(C)c1ccc(C(=O)N2CCN([C@@H](C#N)c3ccccc3)CC2)cc1. The smallest absolute Gasteiger partial charge is 0.253 e. The molecule has 5 heteroatoms. The van der Waals surface area contributed by atoms with Gasteiger partial charge in [-0.25, -0.2) is 0 Å². The van der Waals surface area contributed by atoms with E-state index in [1.54, 1.807) is 0 Å². The number of benzene rings is 2. The molecule has 5 nitrogen and oxygen atoms in total. The molecular weight excluding hydrogens is 324 g/mol. The molecule has 1 heterocycles. The van der Waals surface area contributed by atoms with Gasteiger partial charge in [-0.3, -0.25) is 9.69 Å². The van der Waals surface area contributed by atoms with Crippen LogP contribution in [-0.4, -0.2) is 56.0 Å². The third kappa shape index (κ3) is 3.87. The lowest BCUT2D eigenvalue weighted by Gasteiger charge is -2.37. The third-order valence-corrected chi connectivity index (χ3v) is 4.83. The molecule has 0 unspecified atom stereocenters. The van der Waals surface area contributed by atoms with E-state index in [-0.39, 0.29) is 11.9 Å². The van der Waals surface area contributed by atoms with Gasteiger partial charge in [0.05, 0.1) is 6.07 Å². The first-order valence-electron chi connectivity index (χ1n) is 8.85. The van der Waals surface area contributed by atoms with Crippen molar-refractivity contribution in [1.82, 2.24) is 9.80 Å². The zero-order chi connectivity index (χ0) is 18.5. The second kappa shape index (κ2) is 8.03. The summed E-state index contributed by atoms with van der Waals surface area (Å²) in [6.07, 6.45) is 0. The monoisotopic (exact) mass is 348 g/mol. The summed E-state index contributed by atoms with van der Waals surface area (Å²) in [7, 11) is 3.96. The highest BCUT2D eigenvalue weighted by molar-refractivity contribution is 5.94. The van der Waals surface area contributed by atoms with Crippen molar-refractivity contribution < 1.29 is 4.79 Å². The van der Waals surface area contributed by atoms with Crippen molar-refractivity contribution in [1.29, 1.82) is 5.26 Å². The molecule has 1 aliphatic rings. The van der Waals surface area contributed by atoms with Gasteiger partial charge >= 0.3 is 0 Å². The van der Waals surface area contributed by atoms with Crippen LogP contribution in [0.2, 0.25) is 0 Å². The van der Waals surface area contributed by atoms with Crippen LogP contribution < -0.4 is 4.90 Å². The number of piperazine rings is 1. The maximum absolute atomic E-state index is 12.7. The van der Waals surface area contributed by atoms with Gasteiger partial charge in [-0.1, -0.05) is 30.3 Å². The minimum absolute atomic E-state index is 0.0585. The van der Waals surface area contributed by atoms with E-state index in [0.717, 1.165) is 11.3 Å². The molecule has 0 aliphatic carbocycles. The molecule has 3 rings (SSSR count). The first-order chi connectivity index (χ1) is 12.6. The number of carbonyl (C=O) groups excluding carboxylic acids is 1. The Bertz CT molecular complexity index is 772.